The largest absolute Gasteiger partial charge is 0.472 e. The molecule has 616 valence electrons. The zero-order chi connectivity index (χ0) is 78.9. The summed E-state index contributed by atoms with van der Waals surface area (Å²) < 4.78 is 68.7. The van der Waals surface area contributed by atoms with E-state index in [4.69, 9.17) is 37.0 Å². The molecule has 0 heterocycles. The molecule has 0 aliphatic carbocycles. The molecule has 0 spiro atoms. The quantitative estimate of drug-likeness (QED) is 0.0169. The van der Waals surface area contributed by atoms with E-state index in [1.165, 1.54) is 38.5 Å². The van der Waals surface area contributed by atoms with E-state index in [-0.39, 0.29) is 25.7 Å². The van der Waals surface area contributed by atoms with Gasteiger partial charge in [-0.25, -0.2) is 9.13 Å². The predicted molar refractivity (Wildman–Crippen MR) is 445 cm³/mol. The second kappa shape index (κ2) is 79.8. The smallest absolute Gasteiger partial charge is 0.462 e. The summed E-state index contributed by atoms with van der Waals surface area (Å²) in [6, 6.07) is 0. The highest BCUT2D eigenvalue weighted by molar-refractivity contribution is 7.47. The third kappa shape index (κ3) is 78.8. The van der Waals surface area contributed by atoms with E-state index >= 15 is 0 Å². The Hall–Kier alpha value is -5.32. The molecule has 0 aliphatic rings. The van der Waals surface area contributed by atoms with Gasteiger partial charge in [-0.1, -0.05) is 282 Å². The number of ether oxygens (including phenoxy) is 4. The highest BCUT2D eigenvalue weighted by Gasteiger charge is 2.30. The van der Waals surface area contributed by atoms with E-state index in [2.05, 4.69) is 186 Å². The molecule has 0 aromatic rings. The molecular weight excluding hydrogens is 1400 g/mol. The Kier molecular flexibility index (Phi) is 75.8. The molecule has 0 radical (unpaired) electrons. The van der Waals surface area contributed by atoms with Crippen LogP contribution in [0.25, 0.3) is 0 Å². The Balaban J connectivity index is 5.45. The fraction of sp³-hybridized carbons (Fsp3) is 0.663. The Labute approximate surface area is 655 Å². The summed E-state index contributed by atoms with van der Waals surface area (Å²) in [6.07, 6.45) is 93.5. The van der Waals surface area contributed by atoms with Crippen molar-refractivity contribution in [1.29, 1.82) is 0 Å². The minimum absolute atomic E-state index is 0.0610. The van der Waals surface area contributed by atoms with Crippen LogP contribution in [0.5, 0.6) is 0 Å². The molecule has 0 amide bonds. The normalized spacial score (nSPS) is 14.6. The van der Waals surface area contributed by atoms with Crippen molar-refractivity contribution in [2.75, 3.05) is 39.6 Å². The molecule has 3 N–H and O–H groups in total. The SMILES string of the molecule is CC/C=C\C/C=C\C/C=C\C/C=C\CCCCC(=O)OCC(COP(=O)(O)OCC(O)COP(=O)(O)OCC(COC(=O)CCCCCCCC/C=C\C/C=C\C/C=C\CCCCC)OC(=O)CCCCCCCC/C=C\C/C=C\C/C=C\CCCCC)OC(=O)CCCCCCC/C=C\C/C=C\C/C=C\CC. The van der Waals surface area contributed by atoms with E-state index in [9.17, 15) is 43.2 Å². The van der Waals surface area contributed by atoms with Crippen LogP contribution in [0.3, 0.4) is 0 Å². The van der Waals surface area contributed by atoms with Crippen molar-refractivity contribution in [3.8, 4) is 0 Å². The van der Waals surface area contributed by atoms with Crippen LogP contribution in [0.15, 0.2) is 158 Å². The van der Waals surface area contributed by atoms with Crippen molar-refractivity contribution in [2.45, 2.75) is 341 Å². The summed E-state index contributed by atoms with van der Waals surface area (Å²) in [5, 5.41) is 10.7. The molecule has 0 fully saturated rings. The van der Waals surface area contributed by atoms with Crippen LogP contribution in [0.1, 0.15) is 323 Å². The van der Waals surface area contributed by atoms with Crippen LogP contribution in [0, 0.1) is 0 Å². The fourth-order valence-electron chi connectivity index (χ4n) is 10.7. The number of hydrogen-bond donors (Lipinski definition) is 3. The Morgan fingerprint density at radius 1 is 0.269 bits per heavy atom. The van der Waals surface area contributed by atoms with Gasteiger partial charge in [-0.2, -0.15) is 0 Å². The lowest BCUT2D eigenvalue weighted by Gasteiger charge is -2.21. The summed E-state index contributed by atoms with van der Waals surface area (Å²) in [4.78, 5) is 73.2. The standard InChI is InChI=1S/C89H148O17P2/c1-5-9-13-17-21-25-29-33-37-39-41-43-47-50-54-58-62-66-70-74-87(92)100-80-85(106-89(94)76-72-68-64-60-56-52-48-44-42-40-38-34-30-26-22-18-14-10-6-2)82-104-108(97,98)102-78-83(90)77-101-107(95,96)103-81-84(105-88(93)75-71-67-63-59-55-51-46-36-32-28-24-20-16-12-8-4)79-99-86(91)73-69-65-61-57-53-49-45-35-31-27-23-19-15-11-7-3/h11-12,15-16,21-28,33-38,41-46,53,57,83-85,90H,5-10,13-14,17-20,29-32,39-40,47-52,54-56,58-82H2,1-4H3,(H,95,96)(H,97,98)/b15-11-,16-12-,25-21-,26-22-,27-23-,28-24-,37-33-,38-34-,43-41-,44-42-,45-35-,46-36-,57-53-. The van der Waals surface area contributed by atoms with Gasteiger partial charge in [0.25, 0.3) is 0 Å². The third-order valence-electron chi connectivity index (χ3n) is 17.0. The Morgan fingerprint density at radius 2 is 0.481 bits per heavy atom. The molecule has 17 nitrogen and oxygen atoms in total. The number of aliphatic hydroxyl groups is 1. The number of rotatable bonds is 77. The first-order valence-electron chi connectivity index (χ1n) is 41.7. The molecule has 5 unspecified atom stereocenters. The van der Waals surface area contributed by atoms with Crippen LogP contribution in [-0.4, -0.2) is 96.7 Å². The van der Waals surface area contributed by atoms with Gasteiger partial charge >= 0.3 is 39.5 Å². The summed E-state index contributed by atoms with van der Waals surface area (Å²) in [5.41, 5.74) is 0. The van der Waals surface area contributed by atoms with Crippen molar-refractivity contribution in [2.24, 2.45) is 0 Å². The highest BCUT2D eigenvalue weighted by atomic mass is 31.2. The van der Waals surface area contributed by atoms with Crippen LogP contribution in [0.2, 0.25) is 0 Å². The van der Waals surface area contributed by atoms with Gasteiger partial charge in [0.05, 0.1) is 26.4 Å². The van der Waals surface area contributed by atoms with Crippen molar-refractivity contribution in [1.82, 2.24) is 0 Å². The molecule has 19 heteroatoms. The summed E-state index contributed by atoms with van der Waals surface area (Å²) in [5.74, 6) is -2.27. The molecule has 0 rings (SSSR count). The molecule has 0 aliphatic heterocycles. The molecular formula is C89H148O17P2. The molecule has 0 saturated heterocycles. The van der Waals surface area contributed by atoms with E-state index in [1.807, 2.05) is 0 Å². The number of phosphoric ester groups is 2. The van der Waals surface area contributed by atoms with Crippen LogP contribution < -0.4 is 0 Å². The van der Waals surface area contributed by atoms with Gasteiger partial charge in [0.15, 0.2) is 12.2 Å². The van der Waals surface area contributed by atoms with Gasteiger partial charge in [-0.3, -0.25) is 37.3 Å². The second-order valence-corrected chi connectivity index (χ2v) is 30.2. The highest BCUT2D eigenvalue weighted by Crippen LogP contribution is 2.45. The topological polar surface area (TPSA) is 237 Å². The van der Waals surface area contributed by atoms with Crippen LogP contribution in [0.4, 0.5) is 0 Å². The maximum Gasteiger partial charge on any atom is 0.472 e. The van der Waals surface area contributed by atoms with E-state index in [0.29, 0.717) is 25.7 Å². The van der Waals surface area contributed by atoms with E-state index in [1.54, 1.807) is 0 Å². The lowest BCUT2D eigenvalue weighted by atomic mass is 10.1. The number of hydrogen-bond acceptors (Lipinski definition) is 15. The number of carbonyl (C=O) groups excluding carboxylic acids is 4. The number of allylic oxidation sites excluding steroid dienone is 26. The molecule has 108 heavy (non-hydrogen) atoms. The predicted octanol–water partition coefficient (Wildman–Crippen LogP) is 24.8. The molecule has 0 aromatic carbocycles. The molecule has 0 saturated carbocycles. The summed E-state index contributed by atoms with van der Waals surface area (Å²) >= 11 is 0. The minimum atomic E-state index is -5.00. The zero-order valence-electron chi connectivity index (χ0n) is 67.5. The minimum Gasteiger partial charge on any atom is -0.462 e. The maximum atomic E-state index is 13.1. The zero-order valence-corrected chi connectivity index (χ0v) is 69.3. The van der Waals surface area contributed by atoms with Gasteiger partial charge < -0.3 is 33.8 Å². The fourth-order valence-corrected chi connectivity index (χ4v) is 12.2. The van der Waals surface area contributed by atoms with Gasteiger partial charge in [0.2, 0.25) is 0 Å². The van der Waals surface area contributed by atoms with Crippen molar-refractivity contribution in [3.05, 3.63) is 158 Å². The molecule has 0 bridgehead atoms. The average Bonchev–Trinajstić information content (AvgIpc) is 0.899. The summed E-state index contributed by atoms with van der Waals surface area (Å²) in [6.45, 7) is 4.51. The Morgan fingerprint density at radius 3 is 0.759 bits per heavy atom. The van der Waals surface area contributed by atoms with Crippen molar-refractivity contribution >= 4 is 39.5 Å². The van der Waals surface area contributed by atoms with E-state index < -0.39 is 97.5 Å². The van der Waals surface area contributed by atoms with Crippen molar-refractivity contribution < 1.29 is 80.2 Å². The first-order valence-corrected chi connectivity index (χ1v) is 44.7. The first kappa shape index (κ1) is 103. The summed E-state index contributed by atoms with van der Waals surface area (Å²) in [7, 11) is -10.00. The number of unbranched alkanes of at least 4 members (excludes halogenated alkanes) is 25. The number of aliphatic hydroxyl groups excluding tert-OH is 1. The van der Waals surface area contributed by atoms with Gasteiger partial charge in [-0.15, -0.1) is 0 Å². The monoisotopic (exact) mass is 1550 g/mol. The average molecular weight is 1550 g/mol. The number of carbonyl (C=O) groups is 4. The van der Waals surface area contributed by atoms with Crippen molar-refractivity contribution in [3.63, 3.8) is 0 Å². The number of esters is 4. The maximum absolute atomic E-state index is 13.1. The lowest BCUT2D eigenvalue weighted by Crippen LogP contribution is -2.30. The second-order valence-electron chi connectivity index (χ2n) is 27.3. The van der Waals surface area contributed by atoms with Crippen LogP contribution >= 0.6 is 15.6 Å². The number of phosphoric acid groups is 2. The van der Waals surface area contributed by atoms with Crippen LogP contribution in [-0.2, 0) is 65.4 Å². The Bertz CT molecular complexity index is 2660. The first-order chi connectivity index (χ1) is 52.7. The van der Waals surface area contributed by atoms with Gasteiger partial charge in [0.1, 0.15) is 19.3 Å². The molecule has 0 aromatic heterocycles. The van der Waals surface area contributed by atoms with Gasteiger partial charge in [-0.05, 0) is 173 Å². The molecule has 5 atom stereocenters. The van der Waals surface area contributed by atoms with E-state index in [0.717, 1.165) is 205 Å². The lowest BCUT2D eigenvalue weighted by molar-refractivity contribution is -0.161. The van der Waals surface area contributed by atoms with Gasteiger partial charge in [0, 0.05) is 25.7 Å². The third-order valence-corrected chi connectivity index (χ3v) is 18.9.